The molecule has 2 rings (SSSR count). The minimum atomic E-state index is 0.203. The van der Waals surface area contributed by atoms with Crippen molar-refractivity contribution < 1.29 is 19.3 Å². The summed E-state index contributed by atoms with van der Waals surface area (Å²) >= 11 is 0. The number of aliphatic hydroxyl groups excluding tert-OH is 1. The molecule has 1 heterocycles. The van der Waals surface area contributed by atoms with Gasteiger partial charge in [0.1, 0.15) is 6.61 Å². The van der Waals surface area contributed by atoms with Crippen LogP contribution in [0.3, 0.4) is 0 Å². The van der Waals surface area contributed by atoms with Gasteiger partial charge in [-0.05, 0) is 43.5 Å². The second-order valence-electron chi connectivity index (χ2n) is 5.19. The van der Waals surface area contributed by atoms with E-state index < -0.39 is 0 Å². The van der Waals surface area contributed by atoms with Crippen molar-refractivity contribution in [3.8, 4) is 11.5 Å². The van der Waals surface area contributed by atoms with Crippen LogP contribution in [0.25, 0.3) is 0 Å². The molecule has 0 spiro atoms. The molecule has 1 unspecified atom stereocenters. The van der Waals surface area contributed by atoms with Crippen molar-refractivity contribution in [2.24, 2.45) is 0 Å². The van der Waals surface area contributed by atoms with Crippen molar-refractivity contribution in [3.05, 3.63) is 23.8 Å². The third kappa shape index (κ3) is 5.19. The zero-order valence-corrected chi connectivity index (χ0v) is 12.6. The van der Waals surface area contributed by atoms with E-state index in [2.05, 4.69) is 5.32 Å². The molecule has 5 nitrogen and oxygen atoms in total. The highest BCUT2D eigenvalue weighted by Gasteiger charge is 2.17. The zero-order chi connectivity index (χ0) is 14.9. The lowest BCUT2D eigenvalue weighted by molar-refractivity contribution is 0.0669. The highest BCUT2D eigenvalue weighted by Crippen LogP contribution is 2.28. The largest absolute Gasteiger partial charge is 0.493 e. The average Bonchev–Trinajstić information content (AvgIpc) is 3.03. The second kappa shape index (κ2) is 8.87. The maximum absolute atomic E-state index is 8.74. The maximum atomic E-state index is 8.74. The molecule has 2 N–H and O–H groups in total. The number of aliphatic hydroxyl groups is 1. The summed E-state index contributed by atoms with van der Waals surface area (Å²) in [5.41, 5.74) is 1.13. The Bertz CT molecular complexity index is 419. The molecule has 1 aromatic carbocycles. The first-order chi connectivity index (χ1) is 10.3. The minimum absolute atomic E-state index is 0.203. The summed E-state index contributed by atoms with van der Waals surface area (Å²) in [4.78, 5) is 0. The van der Waals surface area contributed by atoms with Gasteiger partial charge in [-0.2, -0.15) is 0 Å². The Labute approximate surface area is 126 Å². The lowest BCUT2D eigenvalue weighted by atomic mass is 10.2. The van der Waals surface area contributed by atoms with E-state index in [0.717, 1.165) is 56.0 Å². The van der Waals surface area contributed by atoms with E-state index in [9.17, 15) is 0 Å². The van der Waals surface area contributed by atoms with Gasteiger partial charge in [0.15, 0.2) is 11.5 Å². The van der Waals surface area contributed by atoms with Crippen molar-refractivity contribution >= 4 is 0 Å². The van der Waals surface area contributed by atoms with E-state index in [1.54, 1.807) is 7.11 Å². The van der Waals surface area contributed by atoms with E-state index in [-0.39, 0.29) is 12.7 Å². The van der Waals surface area contributed by atoms with Crippen molar-refractivity contribution in [2.75, 3.05) is 33.5 Å². The zero-order valence-electron chi connectivity index (χ0n) is 12.6. The molecule has 118 valence electrons. The predicted molar refractivity (Wildman–Crippen MR) is 80.9 cm³/mol. The van der Waals surface area contributed by atoms with E-state index in [0.29, 0.717) is 6.61 Å². The van der Waals surface area contributed by atoms with Crippen LogP contribution >= 0.6 is 0 Å². The van der Waals surface area contributed by atoms with Gasteiger partial charge in [-0.3, -0.25) is 0 Å². The van der Waals surface area contributed by atoms with Gasteiger partial charge in [-0.15, -0.1) is 0 Å². The molecule has 1 aliphatic rings. The molecule has 1 aliphatic heterocycles. The Morgan fingerprint density at radius 1 is 1.38 bits per heavy atom. The van der Waals surface area contributed by atoms with Gasteiger partial charge in [0.05, 0.1) is 13.2 Å². The van der Waals surface area contributed by atoms with Gasteiger partial charge in [0, 0.05) is 19.8 Å². The Morgan fingerprint density at radius 3 is 3.00 bits per heavy atom. The van der Waals surface area contributed by atoms with Crippen molar-refractivity contribution in [2.45, 2.75) is 31.9 Å². The van der Waals surface area contributed by atoms with Gasteiger partial charge in [-0.25, -0.2) is 0 Å². The molecule has 1 atom stereocenters. The van der Waals surface area contributed by atoms with Crippen LogP contribution in [0.1, 0.15) is 24.8 Å². The molecule has 1 fully saturated rings. The molecule has 0 radical (unpaired) electrons. The highest BCUT2D eigenvalue weighted by atomic mass is 16.5. The van der Waals surface area contributed by atoms with Gasteiger partial charge in [0.25, 0.3) is 0 Å². The van der Waals surface area contributed by atoms with Crippen LogP contribution in [0, 0.1) is 0 Å². The molecule has 1 aromatic rings. The normalized spacial score (nSPS) is 17.9. The van der Waals surface area contributed by atoms with Gasteiger partial charge >= 0.3 is 0 Å². The lowest BCUT2D eigenvalue weighted by Crippen LogP contribution is -2.17. The average molecular weight is 295 g/mol. The van der Waals surface area contributed by atoms with E-state index in [1.807, 2.05) is 18.2 Å². The minimum Gasteiger partial charge on any atom is -0.493 e. The van der Waals surface area contributed by atoms with E-state index in [1.165, 1.54) is 0 Å². The Morgan fingerprint density at radius 2 is 2.29 bits per heavy atom. The Balaban J connectivity index is 1.86. The molecule has 0 aromatic heterocycles. The van der Waals surface area contributed by atoms with Gasteiger partial charge in [0.2, 0.25) is 0 Å². The van der Waals surface area contributed by atoms with Gasteiger partial charge < -0.3 is 24.6 Å². The standard InChI is InChI=1S/C16H25NO4/c1-19-16-10-13(11-17-7-3-8-18)5-6-15(16)21-12-14-4-2-9-20-14/h5-6,10,14,17-18H,2-4,7-9,11-12H2,1H3. The fourth-order valence-corrected chi connectivity index (χ4v) is 2.34. The molecule has 1 saturated heterocycles. The molecule has 0 saturated carbocycles. The molecular formula is C16H25NO4. The predicted octanol–water partition coefficient (Wildman–Crippen LogP) is 1.72. The highest BCUT2D eigenvalue weighted by molar-refractivity contribution is 5.43. The summed E-state index contributed by atoms with van der Waals surface area (Å²) in [5, 5.41) is 12.0. The first kappa shape index (κ1) is 16.1. The van der Waals surface area contributed by atoms with Gasteiger partial charge in [-0.1, -0.05) is 6.07 Å². The van der Waals surface area contributed by atoms with Crippen LogP contribution in [-0.4, -0.2) is 44.7 Å². The summed E-state index contributed by atoms with van der Waals surface area (Å²) in [6.07, 6.45) is 3.15. The number of hydrogen-bond donors (Lipinski definition) is 2. The number of benzene rings is 1. The number of ether oxygens (including phenoxy) is 3. The van der Waals surface area contributed by atoms with Crippen LogP contribution in [-0.2, 0) is 11.3 Å². The molecule has 21 heavy (non-hydrogen) atoms. The molecule has 0 amide bonds. The van der Waals surface area contributed by atoms with Crippen LogP contribution in [0.2, 0.25) is 0 Å². The number of rotatable bonds is 9. The first-order valence-electron chi connectivity index (χ1n) is 7.56. The van der Waals surface area contributed by atoms with Crippen molar-refractivity contribution in [1.29, 1.82) is 0 Å². The maximum Gasteiger partial charge on any atom is 0.161 e. The molecule has 5 heteroatoms. The van der Waals surface area contributed by atoms with Crippen LogP contribution in [0.5, 0.6) is 11.5 Å². The molecule has 0 bridgehead atoms. The van der Waals surface area contributed by atoms with E-state index >= 15 is 0 Å². The summed E-state index contributed by atoms with van der Waals surface area (Å²) in [6, 6.07) is 5.95. The first-order valence-corrected chi connectivity index (χ1v) is 7.56. The molecular weight excluding hydrogens is 270 g/mol. The van der Waals surface area contributed by atoms with Crippen LogP contribution < -0.4 is 14.8 Å². The summed E-state index contributed by atoms with van der Waals surface area (Å²) in [5.74, 6) is 1.50. The Kier molecular flexibility index (Phi) is 6.79. The number of methoxy groups -OCH3 is 1. The van der Waals surface area contributed by atoms with Crippen molar-refractivity contribution in [1.82, 2.24) is 5.32 Å². The fourth-order valence-electron chi connectivity index (χ4n) is 2.34. The Hall–Kier alpha value is -1.30. The lowest BCUT2D eigenvalue weighted by Gasteiger charge is -2.15. The van der Waals surface area contributed by atoms with E-state index in [4.69, 9.17) is 19.3 Å². The second-order valence-corrected chi connectivity index (χ2v) is 5.19. The van der Waals surface area contributed by atoms with Crippen LogP contribution in [0.15, 0.2) is 18.2 Å². The smallest absolute Gasteiger partial charge is 0.161 e. The third-order valence-corrected chi connectivity index (χ3v) is 3.52. The van der Waals surface area contributed by atoms with Crippen molar-refractivity contribution in [3.63, 3.8) is 0 Å². The summed E-state index contributed by atoms with van der Waals surface area (Å²) in [7, 11) is 1.65. The summed E-state index contributed by atoms with van der Waals surface area (Å²) in [6.45, 7) is 3.18. The SMILES string of the molecule is COc1cc(CNCCCO)ccc1OCC1CCCO1. The number of hydrogen-bond acceptors (Lipinski definition) is 5. The topological polar surface area (TPSA) is 60.0 Å². The third-order valence-electron chi connectivity index (χ3n) is 3.52. The quantitative estimate of drug-likeness (QED) is 0.679. The monoisotopic (exact) mass is 295 g/mol. The fraction of sp³-hybridized carbons (Fsp3) is 0.625. The van der Waals surface area contributed by atoms with Crippen LogP contribution in [0.4, 0.5) is 0 Å². The number of nitrogens with one attached hydrogen (secondary N) is 1. The molecule has 0 aliphatic carbocycles. The summed E-state index contributed by atoms with van der Waals surface area (Å²) < 4.78 is 16.8.